The molecule has 1 amide bonds. The third-order valence-electron chi connectivity index (χ3n) is 2.41. The molecular formula is C11H18F3NO3S. The van der Waals surface area contributed by atoms with Gasteiger partial charge in [0, 0.05) is 6.54 Å². The summed E-state index contributed by atoms with van der Waals surface area (Å²) < 4.78 is 42.1. The molecule has 0 rings (SSSR count). The Kier molecular flexibility index (Phi) is 7.89. The van der Waals surface area contributed by atoms with E-state index in [1.54, 1.807) is 13.2 Å². The Morgan fingerprint density at radius 1 is 1.37 bits per heavy atom. The first kappa shape index (κ1) is 18.1. The SMILES string of the molecule is CCCN(C(=O)C(F)(F)F)C(CCSC)C(=O)OC. The largest absolute Gasteiger partial charge is 0.471 e. The van der Waals surface area contributed by atoms with Crippen LogP contribution in [0.15, 0.2) is 0 Å². The Balaban J connectivity index is 5.14. The maximum Gasteiger partial charge on any atom is 0.471 e. The summed E-state index contributed by atoms with van der Waals surface area (Å²) in [6.45, 7) is 1.51. The van der Waals surface area contributed by atoms with Crippen LogP contribution in [-0.2, 0) is 14.3 Å². The lowest BCUT2D eigenvalue weighted by Gasteiger charge is -2.30. The minimum Gasteiger partial charge on any atom is -0.467 e. The Morgan fingerprint density at radius 3 is 2.32 bits per heavy atom. The molecule has 112 valence electrons. The third kappa shape index (κ3) is 5.71. The van der Waals surface area contributed by atoms with Crippen molar-refractivity contribution in [2.75, 3.05) is 25.7 Å². The van der Waals surface area contributed by atoms with Gasteiger partial charge >= 0.3 is 18.1 Å². The highest BCUT2D eigenvalue weighted by Crippen LogP contribution is 2.22. The molecule has 0 radical (unpaired) electrons. The molecule has 0 aliphatic heterocycles. The molecule has 0 saturated heterocycles. The molecule has 0 N–H and O–H groups in total. The lowest BCUT2D eigenvalue weighted by Crippen LogP contribution is -2.51. The molecule has 0 spiro atoms. The number of ether oxygens (including phenoxy) is 1. The Labute approximate surface area is 114 Å². The topological polar surface area (TPSA) is 46.6 Å². The lowest BCUT2D eigenvalue weighted by atomic mass is 10.1. The molecule has 0 aliphatic rings. The number of rotatable bonds is 7. The normalized spacial score (nSPS) is 12.9. The first-order chi connectivity index (χ1) is 8.79. The van der Waals surface area contributed by atoms with Gasteiger partial charge in [0.15, 0.2) is 0 Å². The minimum atomic E-state index is -4.99. The van der Waals surface area contributed by atoms with E-state index >= 15 is 0 Å². The number of hydrogen-bond acceptors (Lipinski definition) is 4. The van der Waals surface area contributed by atoms with Gasteiger partial charge in [-0.3, -0.25) is 4.79 Å². The molecule has 0 aliphatic carbocycles. The van der Waals surface area contributed by atoms with E-state index in [-0.39, 0.29) is 13.0 Å². The minimum absolute atomic E-state index is 0.132. The van der Waals surface area contributed by atoms with E-state index in [2.05, 4.69) is 4.74 Å². The molecule has 0 heterocycles. The Hall–Kier alpha value is -0.920. The molecule has 0 saturated carbocycles. The Morgan fingerprint density at radius 2 is 1.95 bits per heavy atom. The third-order valence-corrected chi connectivity index (χ3v) is 3.06. The summed E-state index contributed by atoms with van der Waals surface area (Å²) in [6, 6.07) is -1.19. The number of esters is 1. The van der Waals surface area contributed by atoms with Gasteiger partial charge in [-0.05, 0) is 24.9 Å². The number of amides is 1. The van der Waals surface area contributed by atoms with Crippen molar-refractivity contribution < 1.29 is 27.5 Å². The van der Waals surface area contributed by atoms with Gasteiger partial charge in [0.05, 0.1) is 7.11 Å². The van der Waals surface area contributed by atoms with Crippen LogP contribution in [0.25, 0.3) is 0 Å². The highest BCUT2D eigenvalue weighted by molar-refractivity contribution is 7.98. The number of carbonyl (C=O) groups is 2. The van der Waals surface area contributed by atoms with E-state index < -0.39 is 24.1 Å². The standard InChI is InChI=1S/C11H18F3NO3S/c1-4-6-15(10(17)11(12,13)14)8(5-7-19-3)9(16)18-2/h8H,4-7H2,1-3H3. The molecule has 8 heteroatoms. The van der Waals surface area contributed by atoms with Gasteiger partial charge in [0.25, 0.3) is 0 Å². The van der Waals surface area contributed by atoms with Crippen LogP contribution >= 0.6 is 11.8 Å². The fourth-order valence-electron chi connectivity index (χ4n) is 1.57. The summed E-state index contributed by atoms with van der Waals surface area (Å²) in [5, 5.41) is 0. The number of carbonyl (C=O) groups excluding carboxylic acids is 2. The van der Waals surface area contributed by atoms with Gasteiger partial charge in [-0.1, -0.05) is 6.92 Å². The number of alkyl halides is 3. The zero-order valence-corrected chi connectivity index (χ0v) is 11.9. The van der Waals surface area contributed by atoms with E-state index in [9.17, 15) is 22.8 Å². The molecule has 0 aromatic rings. The molecule has 19 heavy (non-hydrogen) atoms. The van der Waals surface area contributed by atoms with Crippen LogP contribution in [0.4, 0.5) is 13.2 Å². The second kappa shape index (κ2) is 8.29. The number of hydrogen-bond donors (Lipinski definition) is 0. The fourth-order valence-corrected chi connectivity index (χ4v) is 2.03. The summed E-state index contributed by atoms with van der Waals surface area (Å²) in [7, 11) is 1.09. The number of thioether (sulfide) groups is 1. The van der Waals surface area contributed by atoms with Crippen molar-refractivity contribution in [3.63, 3.8) is 0 Å². The molecular weight excluding hydrogens is 283 g/mol. The average molecular weight is 301 g/mol. The maximum atomic E-state index is 12.5. The van der Waals surface area contributed by atoms with Gasteiger partial charge in [-0.25, -0.2) is 4.79 Å². The molecule has 0 aromatic carbocycles. The van der Waals surface area contributed by atoms with Gasteiger partial charge in [0.2, 0.25) is 0 Å². The van der Waals surface area contributed by atoms with Crippen LogP contribution in [0.1, 0.15) is 19.8 Å². The van der Waals surface area contributed by atoms with Gasteiger partial charge in [-0.2, -0.15) is 24.9 Å². The summed E-state index contributed by atoms with van der Waals surface area (Å²) in [4.78, 5) is 23.5. The van der Waals surface area contributed by atoms with Crippen molar-refractivity contribution in [2.24, 2.45) is 0 Å². The van der Waals surface area contributed by atoms with Crippen LogP contribution in [-0.4, -0.2) is 54.7 Å². The number of nitrogens with zero attached hydrogens (tertiary/aromatic N) is 1. The maximum absolute atomic E-state index is 12.5. The summed E-state index contributed by atoms with van der Waals surface area (Å²) in [5.74, 6) is -2.35. The second-order valence-corrected chi connectivity index (χ2v) is 4.80. The van der Waals surface area contributed by atoms with Crippen LogP contribution in [0.3, 0.4) is 0 Å². The predicted molar refractivity (Wildman–Crippen MR) is 66.9 cm³/mol. The number of halogens is 3. The molecule has 4 nitrogen and oxygen atoms in total. The van der Waals surface area contributed by atoms with Crippen molar-refractivity contribution in [1.82, 2.24) is 4.90 Å². The fraction of sp³-hybridized carbons (Fsp3) is 0.818. The zero-order valence-electron chi connectivity index (χ0n) is 11.1. The lowest BCUT2D eigenvalue weighted by molar-refractivity contribution is -0.190. The highest BCUT2D eigenvalue weighted by atomic mass is 32.2. The van der Waals surface area contributed by atoms with Crippen molar-refractivity contribution >= 4 is 23.6 Å². The predicted octanol–water partition coefficient (Wildman–Crippen LogP) is 2.08. The van der Waals surface area contributed by atoms with Gasteiger partial charge in [-0.15, -0.1) is 0 Å². The van der Waals surface area contributed by atoms with E-state index in [1.165, 1.54) is 11.8 Å². The van der Waals surface area contributed by atoms with Crippen molar-refractivity contribution in [3.05, 3.63) is 0 Å². The van der Waals surface area contributed by atoms with Gasteiger partial charge in [0.1, 0.15) is 6.04 Å². The monoisotopic (exact) mass is 301 g/mol. The van der Waals surface area contributed by atoms with Crippen molar-refractivity contribution in [3.8, 4) is 0 Å². The molecule has 1 atom stereocenters. The summed E-state index contributed by atoms with van der Waals surface area (Å²) in [6.07, 6.45) is -2.75. The van der Waals surface area contributed by atoms with Crippen LogP contribution in [0, 0.1) is 0 Å². The zero-order chi connectivity index (χ0) is 15.1. The highest BCUT2D eigenvalue weighted by Gasteiger charge is 2.45. The summed E-state index contributed by atoms with van der Waals surface area (Å²) >= 11 is 1.39. The Bertz CT molecular complexity index is 310. The first-order valence-corrected chi connectivity index (χ1v) is 7.13. The first-order valence-electron chi connectivity index (χ1n) is 5.74. The smallest absolute Gasteiger partial charge is 0.467 e. The average Bonchev–Trinajstić information content (AvgIpc) is 2.35. The van der Waals surface area contributed by atoms with E-state index in [1.807, 2.05) is 0 Å². The van der Waals surface area contributed by atoms with E-state index in [0.717, 1.165) is 7.11 Å². The molecule has 0 aromatic heterocycles. The molecule has 0 bridgehead atoms. The summed E-state index contributed by atoms with van der Waals surface area (Å²) in [5.41, 5.74) is 0. The van der Waals surface area contributed by atoms with E-state index in [0.29, 0.717) is 17.1 Å². The van der Waals surface area contributed by atoms with Crippen molar-refractivity contribution in [2.45, 2.75) is 32.0 Å². The van der Waals surface area contributed by atoms with Crippen LogP contribution in [0.2, 0.25) is 0 Å². The number of methoxy groups -OCH3 is 1. The van der Waals surface area contributed by atoms with Gasteiger partial charge < -0.3 is 9.64 Å². The van der Waals surface area contributed by atoms with Crippen LogP contribution < -0.4 is 0 Å². The van der Waals surface area contributed by atoms with E-state index in [4.69, 9.17) is 0 Å². The second-order valence-electron chi connectivity index (χ2n) is 3.82. The molecule has 0 fully saturated rings. The van der Waals surface area contributed by atoms with Crippen LogP contribution in [0.5, 0.6) is 0 Å². The quantitative estimate of drug-likeness (QED) is 0.676. The molecule has 1 unspecified atom stereocenters. The van der Waals surface area contributed by atoms with Crippen molar-refractivity contribution in [1.29, 1.82) is 0 Å².